The second kappa shape index (κ2) is 6.59. The van der Waals surface area contributed by atoms with Crippen molar-refractivity contribution >= 4 is 17.7 Å². The van der Waals surface area contributed by atoms with Crippen LogP contribution in [0.2, 0.25) is 0 Å². The molecular weight excluding hydrogens is 330 g/mol. The molecule has 136 valence electrons. The Bertz CT molecular complexity index is 827. The van der Waals surface area contributed by atoms with Gasteiger partial charge in [0.2, 0.25) is 5.91 Å². The van der Waals surface area contributed by atoms with Crippen molar-refractivity contribution in [1.29, 1.82) is 0 Å². The molecule has 2 aliphatic rings. The molecule has 0 spiro atoms. The monoisotopic (exact) mass is 352 g/mol. The van der Waals surface area contributed by atoms with Gasteiger partial charge in [-0.15, -0.1) is 0 Å². The van der Waals surface area contributed by atoms with Gasteiger partial charge in [0, 0.05) is 30.1 Å². The van der Waals surface area contributed by atoms with Gasteiger partial charge >= 0.3 is 0 Å². The number of carboxylic acid groups (broad SMARTS) is 1. The van der Waals surface area contributed by atoms with Gasteiger partial charge in [-0.25, -0.2) is 0 Å². The van der Waals surface area contributed by atoms with Gasteiger partial charge in [0.25, 0.3) is 0 Å². The first-order valence-corrected chi connectivity index (χ1v) is 9.12. The van der Waals surface area contributed by atoms with E-state index in [1.54, 1.807) is 10.7 Å². The maximum absolute atomic E-state index is 12.7. The number of carbonyl (C=O) groups excluding carboxylic acids is 2. The highest BCUT2D eigenvalue weighted by molar-refractivity contribution is 5.95. The van der Waals surface area contributed by atoms with E-state index in [0.717, 1.165) is 24.8 Å². The summed E-state index contributed by atoms with van der Waals surface area (Å²) in [5.74, 6) is -1.81. The fourth-order valence-corrected chi connectivity index (χ4v) is 4.61. The SMILES string of the molecule is Cc1ccc(Cn2ccc(NC(=O)C3C4CCC(C4)C3C(=O)[O-])n2)cc1. The van der Waals surface area contributed by atoms with Gasteiger partial charge < -0.3 is 15.2 Å². The predicted molar refractivity (Wildman–Crippen MR) is 94.0 cm³/mol. The molecule has 0 aliphatic heterocycles. The third-order valence-electron chi connectivity index (χ3n) is 5.85. The molecule has 0 saturated heterocycles. The van der Waals surface area contributed by atoms with Crippen molar-refractivity contribution in [2.45, 2.75) is 32.7 Å². The molecule has 0 radical (unpaired) electrons. The average Bonchev–Trinajstić information content (AvgIpc) is 3.32. The summed E-state index contributed by atoms with van der Waals surface area (Å²) in [5.41, 5.74) is 2.33. The van der Waals surface area contributed by atoms with E-state index in [1.165, 1.54) is 5.56 Å². The zero-order chi connectivity index (χ0) is 18.3. The Hall–Kier alpha value is -2.63. The number of hydrogen-bond acceptors (Lipinski definition) is 4. The Morgan fingerprint density at radius 3 is 2.54 bits per heavy atom. The smallest absolute Gasteiger partial charge is 0.229 e. The number of benzene rings is 1. The lowest BCUT2D eigenvalue weighted by molar-refractivity contribution is -0.314. The minimum absolute atomic E-state index is 0.0832. The molecule has 4 rings (SSSR count). The van der Waals surface area contributed by atoms with Crippen LogP contribution in [0.4, 0.5) is 5.82 Å². The van der Waals surface area contributed by atoms with Gasteiger partial charge in [-0.3, -0.25) is 9.48 Å². The Morgan fingerprint density at radius 2 is 1.85 bits per heavy atom. The van der Waals surface area contributed by atoms with Crippen molar-refractivity contribution < 1.29 is 14.7 Å². The summed E-state index contributed by atoms with van der Waals surface area (Å²) in [5, 5.41) is 18.7. The van der Waals surface area contributed by atoms with E-state index in [-0.39, 0.29) is 17.7 Å². The van der Waals surface area contributed by atoms with E-state index in [4.69, 9.17) is 0 Å². The first-order valence-electron chi connectivity index (χ1n) is 9.12. The van der Waals surface area contributed by atoms with E-state index >= 15 is 0 Å². The predicted octanol–water partition coefficient (Wildman–Crippen LogP) is 1.59. The number of rotatable bonds is 5. The highest BCUT2D eigenvalue weighted by Crippen LogP contribution is 2.52. The molecule has 6 heteroatoms. The Morgan fingerprint density at radius 1 is 1.15 bits per heavy atom. The number of nitrogens with zero attached hydrogens (tertiary/aromatic N) is 2. The van der Waals surface area contributed by atoms with E-state index in [0.29, 0.717) is 12.4 Å². The molecule has 2 bridgehead atoms. The molecule has 2 saturated carbocycles. The third kappa shape index (κ3) is 3.11. The molecule has 1 aromatic carbocycles. The summed E-state index contributed by atoms with van der Waals surface area (Å²) in [6.07, 6.45) is 4.44. The van der Waals surface area contributed by atoms with E-state index in [9.17, 15) is 14.7 Å². The van der Waals surface area contributed by atoms with Crippen molar-refractivity contribution in [2.24, 2.45) is 23.7 Å². The largest absolute Gasteiger partial charge is 0.550 e. The van der Waals surface area contributed by atoms with E-state index < -0.39 is 17.8 Å². The van der Waals surface area contributed by atoms with Crippen molar-refractivity contribution in [3.63, 3.8) is 0 Å². The second-order valence-corrected chi connectivity index (χ2v) is 7.58. The first-order chi connectivity index (χ1) is 12.5. The minimum Gasteiger partial charge on any atom is -0.550 e. The van der Waals surface area contributed by atoms with Crippen LogP contribution in [-0.4, -0.2) is 21.7 Å². The molecule has 4 unspecified atom stereocenters. The molecule has 4 atom stereocenters. The van der Waals surface area contributed by atoms with Crippen molar-refractivity contribution in [2.75, 3.05) is 5.32 Å². The lowest BCUT2D eigenvalue weighted by atomic mass is 9.79. The molecule has 1 N–H and O–H groups in total. The summed E-state index contributed by atoms with van der Waals surface area (Å²) in [6.45, 7) is 2.66. The zero-order valence-corrected chi connectivity index (χ0v) is 14.7. The highest BCUT2D eigenvalue weighted by atomic mass is 16.4. The number of nitrogens with one attached hydrogen (secondary N) is 1. The molecule has 1 heterocycles. The van der Waals surface area contributed by atoms with Gasteiger partial charge in [-0.05, 0) is 43.6 Å². The maximum Gasteiger partial charge on any atom is 0.229 e. The van der Waals surface area contributed by atoms with Gasteiger partial charge in [0.05, 0.1) is 6.54 Å². The van der Waals surface area contributed by atoms with Gasteiger partial charge in [0.15, 0.2) is 5.82 Å². The van der Waals surface area contributed by atoms with Crippen molar-refractivity contribution in [3.05, 3.63) is 47.7 Å². The van der Waals surface area contributed by atoms with Crippen molar-refractivity contribution in [3.8, 4) is 0 Å². The molecule has 1 aromatic heterocycles. The van der Waals surface area contributed by atoms with Crippen LogP contribution >= 0.6 is 0 Å². The minimum atomic E-state index is -1.10. The zero-order valence-electron chi connectivity index (χ0n) is 14.7. The fraction of sp³-hybridized carbons (Fsp3) is 0.450. The Labute approximate surface area is 152 Å². The number of aryl methyl sites for hydroxylation is 1. The fourth-order valence-electron chi connectivity index (χ4n) is 4.61. The molecule has 26 heavy (non-hydrogen) atoms. The number of fused-ring (bicyclic) bond motifs is 2. The second-order valence-electron chi connectivity index (χ2n) is 7.58. The van der Waals surface area contributed by atoms with Crippen LogP contribution in [-0.2, 0) is 16.1 Å². The van der Waals surface area contributed by atoms with Crippen LogP contribution < -0.4 is 10.4 Å². The van der Waals surface area contributed by atoms with E-state index in [1.807, 2.05) is 13.1 Å². The normalized spacial score (nSPS) is 26.8. The molecule has 2 fully saturated rings. The molecular formula is C20H22N3O3-. The number of carboxylic acids is 1. The highest BCUT2D eigenvalue weighted by Gasteiger charge is 2.51. The van der Waals surface area contributed by atoms with Crippen LogP contribution in [0.5, 0.6) is 0 Å². The van der Waals surface area contributed by atoms with Gasteiger partial charge in [0.1, 0.15) is 0 Å². The number of anilines is 1. The molecule has 2 aromatic rings. The topological polar surface area (TPSA) is 87.0 Å². The standard InChI is InChI=1S/C20H23N3O3/c1-12-2-4-13(5-3-12)11-23-9-8-16(22-23)21-19(24)17-14-6-7-15(10-14)18(17)20(25)26/h2-5,8-9,14-15,17-18H,6-7,10-11H2,1H3,(H,25,26)(H,21,22,24)/p-1. The summed E-state index contributed by atoms with van der Waals surface area (Å²) in [6, 6.07) is 9.95. The number of carbonyl (C=O) groups is 2. The lowest BCUT2D eigenvalue weighted by Gasteiger charge is -2.30. The Kier molecular flexibility index (Phi) is 4.26. The Balaban J connectivity index is 1.43. The number of amides is 1. The average molecular weight is 352 g/mol. The summed E-state index contributed by atoms with van der Waals surface area (Å²) >= 11 is 0. The molecule has 1 amide bonds. The van der Waals surface area contributed by atoms with Crippen LogP contribution in [0, 0.1) is 30.6 Å². The van der Waals surface area contributed by atoms with Crippen LogP contribution in [0.15, 0.2) is 36.5 Å². The van der Waals surface area contributed by atoms with E-state index in [2.05, 4.69) is 34.7 Å². The van der Waals surface area contributed by atoms with Crippen LogP contribution in [0.3, 0.4) is 0 Å². The summed E-state index contributed by atoms with van der Waals surface area (Å²) < 4.78 is 1.76. The number of aromatic nitrogens is 2. The lowest BCUT2D eigenvalue weighted by Crippen LogP contribution is -2.44. The van der Waals surface area contributed by atoms with Crippen LogP contribution in [0.25, 0.3) is 0 Å². The maximum atomic E-state index is 12.7. The summed E-state index contributed by atoms with van der Waals surface area (Å²) in [7, 11) is 0. The number of aliphatic carboxylic acids is 1. The summed E-state index contributed by atoms with van der Waals surface area (Å²) in [4.78, 5) is 24.2. The van der Waals surface area contributed by atoms with Gasteiger partial charge in [-0.2, -0.15) is 5.10 Å². The van der Waals surface area contributed by atoms with Crippen LogP contribution in [0.1, 0.15) is 30.4 Å². The van der Waals surface area contributed by atoms with Gasteiger partial charge in [-0.1, -0.05) is 29.8 Å². The van der Waals surface area contributed by atoms with Crippen molar-refractivity contribution in [1.82, 2.24) is 9.78 Å². The number of hydrogen-bond donors (Lipinski definition) is 1. The molecule has 2 aliphatic carbocycles. The molecule has 6 nitrogen and oxygen atoms in total. The quantitative estimate of drug-likeness (QED) is 0.885. The third-order valence-corrected chi connectivity index (χ3v) is 5.85. The first kappa shape index (κ1) is 16.8.